The third-order valence-corrected chi connectivity index (χ3v) is 4.63. The molecule has 2 aromatic rings. The molecule has 1 fully saturated rings. The summed E-state index contributed by atoms with van der Waals surface area (Å²) < 4.78 is 0. The summed E-state index contributed by atoms with van der Waals surface area (Å²) in [4.78, 5) is 19.4. The lowest BCUT2D eigenvalue weighted by atomic mass is 10.2. The van der Waals surface area contributed by atoms with Gasteiger partial charge in [0.1, 0.15) is 5.75 Å². The summed E-state index contributed by atoms with van der Waals surface area (Å²) in [5.74, 6) is 0.0869. The Labute approximate surface area is 156 Å². The Morgan fingerprint density at radius 1 is 1.12 bits per heavy atom. The van der Waals surface area contributed by atoms with Gasteiger partial charge in [0.05, 0.1) is 10.6 Å². The first-order valence-corrected chi connectivity index (χ1v) is 8.91. The van der Waals surface area contributed by atoms with E-state index < -0.39 is 0 Å². The molecule has 1 aliphatic heterocycles. The Bertz CT molecular complexity index is 884. The van der Waals surface area contributed by atoms with Crippen LogP contribution in [0.1, 0.15) is 5.56 Å². The molecule has 130 valence electrons. The van der Waals surface area contributed by atoms with E-state index in [-0.39, 0.29) is 11.7 Å². The smallest absolute Gasteiger partial charge is 0.267 e. The van der Waals surface area contributed by atoms with Crippen LogP contribution in [0.25, 0.3) is 6.08 Å². The number of allylic oxidation sites excluding steroid dienone is 2. The molecule has 0 unspecified atom stereocenters. The minimum Gasteiger partial charge on any atom is -0.508 e. The highest BCUT2D eigenvalue weighted by Crippen LogP contribution is 2.33. The van der Waals surface area contributed by atoms with Gasteiger partial charge in [0.15, 0.2) is 5.17 Å². The SMILES string of the molecule is C=CCN1C(=O)C(=CC=Cc2ccccc2)SC1=Nc1ccc(O)cc1. The second-order valence-electron chi connectivity index (χ2n) is 5.52. The number of thioether (sulfide) groups is 1. The molecule has 0 spiro atoms. The minimum atomic E-state index is -0.0925. The average molecular weight is 362 g/mol. The molecule has 0 bridgehead atoms. The maximum atomic E-state index is 12.6. The van der Waals surface area contributed by atoms with Crippen molar-refractivity contribution in [3.63, 3.8) is 0 Å². The number of phenols is 1. The summed E-state index contributed by atoms with van der Waals surface area (Å²) in [6.45, 7) is 4.11. The zero-order valence-corrected chi connectivity index (χ0v) is 14.9. The Morgan fingerprint density at radius 2 is 1.85 bits per heavy atom. The maximum absolute atomic E-state index is 12.6. The van der Waals surface area contributed by atoms with Crippen molar-refractivity contribution in [2.24, 2.45) is 4.99 Å². The van der Waals surface area contributed by atoms with Gasteiger partial charge in [-0.05, 0) is 47.7 Å². The van der Waals surface area contributed by atoms with E-state index in [4.69, 9.17) is 0 Å². The second-order valence-corrected chi connectivity index (χ2v) is 6.53. The highest BCUT2D eigenvalue weighted by Gasteiger charge is 2.32. The fourth-order valence-electron chi connectivity index (χ4n) is 2.34. The van der Waals surface area contributed by atoms with Crippen molar-refractivity contribution in [1.29, 1.82) is 0 Å². The lowest BCUT2D eigenvalue weighted by Crippen LogP contribution is -2.29. The van der Waals surface area contributed by atoms with Gasteiger partial charge in [-0.25, -0.2) is 4.99 Å². The van der Waals surface area contributed by atoms with E-state index in [0.717, 1.165) is 5.56 Å². The lowest BCUT2D eigenvalue weighted by molar-refractivity contribution is -0.121. The number of hydrogen-bond acceptors (Lipinski definition) is 4. The summed E-state index contributed by atoms with van der Waals surface area (Å²) in [7, 11) is 0. The van der Waals surface area contributed by atoms with Crippen LogP contribution in [0.15, 0.2) is 89.3 Å². The van der Waals surface area contributed by atoms with Crippen molar-refractivity contribution in [2.75, 3.05) is 6.54 Å². The molecule has 3 rings (SSSR count). The first kappa shape index (κ1) is 17.8. The predicted octanol–water partition coefficient (Wildman–Crippen LogP) is 4.74. The van der Waals surface area contributed by atoms with Gasteiger partial charge in [-0.2, -0.15) is 0 Å². The molecular weight excluding hydrogens is 344 g/mol. The van der Waals surface area contributed by atoms with E-state index in [0.29, 0.717) is 22.3 Å². The highest BCUT2D eigenvalue weighted by molar-refractivity contribution is 8.18. The van der Waals surface area contributed by atoms with Gasteiger partial charge in [0, 0.05) is 6.54 Å². The van der Waals surface area contributed by atoms with Crippen LogP contribution in [0.5, 0.6) is 5.75 Å². The molecule has 1 aliphatic rings. The monoisotopic (exact) mass is 362 g/mol. The Balaban J connectivity index is 1.83. The summed E-state index contributed by atoms with van der Waals surface area (Å²) in [6, 6.07) is 16.4. The van der Waals surface area contributed by atoms with Crippen molar-refractivity contribution in [2.45, 2.75) is 0 Å². The van der Waals surface area contributed by atoms with Crippen LogP contribution in [-0.4, -0.2) is 27.6 Å². The van der Waals surface area contributed by atoms with E-state index in [1.807, 2.05) is 42.5 Å². The number of carbonyl (C=O) groups is 1. The number of nitrogens with zero attached hydrogens (tertiary/aromatic N) is 2. The van der Waals surface area contributed by atoms with Gasteiger partial charge in [-0.1, -0.05) is 48.6 Å². The Morgan fingerprint density at radius 3 is 2.54 bits per heavy atom. The van der Waals surface area contributed by atoms with E-state index in [1.165, 1.54) is 11.8 Å². The van der Waals surface area contributed by atoms with Gasteiger partial charge < -0.3 is 5.11 Å². The van der Waals surface area contributed by atoms with E-state index >= 15 is 0 Å². The van der Waals surface area contributed by atoms with Crippen LogP contribution in [0, 0.1) is 0 Å². The minimum absolute atomic E-state index is 0.0925. The van der Waals surface area contributed by atoms with Crippen LogP contribution in [0.2, 0.25) is 0 Å². The highest BCUT2D eigenvalue weighted by atomic mass is 32.2. The van der Waals surface area contributed by atoms with Gasteiger partial charge in [-0.15, -0.1) is 6.58 Å². The number of amidine groups is 1. The quantitative estimate of drug-likeness (QED) is 0.617. The normalized spacial score (nSPS) is 17.5. The van der Waals surface area contributed by atoms with E-state index in [1.54, 1.807) is 41.3 Å². The van der Waals surface area contributed by atoms with Crippen molar-refractivity contribution in [3.05, 3.63) is 89.9 Å². The molecule has 0 saturated carbocycles. The molecule has 0 aromatic heterocycles. The van der Waals surface area contributed by atoms with Crippen LogP contribution in [0.3, 0.4) is 0 Å². The molecule has 2 aromatic carbocycles. The van der Waals surface area contributed by atoms with Crippen molar-refractivity contribution in [3.8, 4) is 5.75 Å². The van der Waals surface area contributed by atoms with Crippen LogP contribution in [-0.2, 0) is 4.79 Å². The zero-order chi connectivity index (χ0) is 18.4. The predicted molar refractivity (Wildman–Crippen MR) is 108 cm³/mol. The third kappa shape index (κ3) is 4.32. The fraction of sp³-hybridized carbons (Fsp3) is 0.0476. The van der Waals surface area contributed by atoms with E-state index in [9.17, 15) is 9.90 Å². The topological polar surface area (TPSA) is 52.9 Å². The van der Waals surface area contributed by atoms with Gasteiger partial charge in [-0.3, -0.25) is 9.69 Å². The Hall–Kier alpha value is -3.05. The number of carbonyl (C=O) groups excluding carboxylic acids is 1. The summed E-state index contributed by atoms with van der Waals surface area (Å²) in [5.41, 5.74) is 1.74. The average Bonchev–Trinajstić information content (AvgIpc) is 2.94. The molecule has 0 atom stereocenters. The van der Waals surface area contributed by atoms with Crippen LogP contribution >= 0.6 is 11.8 Å². The largest absolute Gasteiger partial charge is 0.508 e. The molecule has 1 amide bonds. The van der Waals surface area contributed by atoms with Gasteiger partial charge >= 0.3 is 0 Å². The maximum Gasteiger partial charge on any atom is 0.267 e. The lowest BCUT2D eigenvalue weighted by Gasteiger charge is -2.12. The number of amides is 1. The zero-order valence-electron chi connectivity index (χ0n) is 14.1. The summed E-state index contributed by atoms with van der Waals surface area (Å²) in [5, 5.41) is 9.98. The molecule has 1 heterocycles. The standard InChI is InChI=1S/C21H18N2O2S/c1-2-15-23-20(25)19(10-6-9-16-7-4-3-5-8-16)26-21(23)22-17-11-13-18(24)14-12-17/h2-14,24H,1,15H2. The number of hydrogen-bond donors (Lipinski definition) is 1. The van der Waals surface area contributed by atoms with E-state index in [2.05, 4.69) is 11.6 Å². The van der Waals surface area contributed by atoms with Crippen molar-refractivity contribution in [1.82, 2.24) is 4.90 Å². The molecular formula is C21H18N2O2S. The number of phenolic OH excluding ortho intramolecular Hbond substituents is 1. The molecule has 1 N–H and O–H groups in total. The molecule has 4 nitrogen and oxygen atoms in total. The van der Waals surface area contributed by atoms with Crippen molar-refractivity contribution < 1.29 is 9.90 Å². The summed E-state index contributed by atoms with van der Waals surface area (Å²) in [6.07, 6.45) is 7.29. The number of benzene rings is 2. The second kappa shape index (κ2) is 8.36. The van der Waals surface area contributed by atoms with Crippen molar-refractivity contribution >= 4 is 34.6 Å². The van der Waals surface area contributed by atoms with Gasteiger partial charge in [0.2, 0.25) is 0 Å². The fourth-order valence-corrected chi connectivity index (χ4v) is 3.30. The van der Waals surface area contributed by atoms with Gasteiger partial charge in [0.25, 0.3) is 5.91 Å². The molecule has 1 saturated heterocycles. The van der Waals surface area contributed by atoms with Crippen LogP contribution in [0.4, 0.5) is 5.69 Å². The van der Waals surface area contributed by atoms with Crippen LogP contribution < -0.4 is 0 Å². The number of aliphatic imine (C=N–C) groups is 1. The molecule has 0 radical (unpaired) electrons. The summed E-state index contributed by atoms with van der Waals surface area (Å²) >= 11 is 1.33. The Kier molecular flexibility index (Phi) is 5.71. The first-order valence-electron chi connectivity index (χ1n) is 8.09. The molecule has 5 heteroatoms. The molecule has 26 heavy (non-hydrogen) atoms. The number of rotatable bonds is 5. The number of aromatic hydroxyl groups is 1. The molecule has 0 aliphatic carbocycles. The first-order chi connectivity index (χ1) is 12.7. The third-order valence-electron chi connectivity index (χ3n) is 3.61.